The Hall–Kier alpha value is -4.72. The molecule has 0 radical (unpaired) electrons. The smallest absolute Gasteiger partial charge is 0.350 e. The van der Waals surface area contributed by atoms with Crippen LogP contribution in [0.2, 0.25) is 0 Å². The van der Waals surface area contributed by atoms with Crippen LogP contribution in [-0.4, -0.2) is 89.2 Å². The van der Waals surface area contributed by atoms with Crippen molar-refractivity contribution in [3.05, 3.63) is 28.9 Å². The highest BCUT2D eigenvalue weighted by atomic mass is 32.2. The van der Waals surface area contributed by atoms with Gasteiger partial charge < -0.3 is 41.5 Å². The first-order valence-corrected chi connectivity index (χ1v) is 15.1. The Morgan fingerprint density at radius 1 is 1.41 bits per heavy atom. The number of rotatable bonds is 12. The zero-order chi connectivity index (χ0) is 31.8. The van der Waals surface area contributed by atoms with E-state index < -0.39 is 46.5 Å². The number of nitrogens with one attached hydrogen (secondary N) is 3. The molecule has 44 heavy (non-hydrogen) atoms. The third kappa shape index (κ3) is 5.76. The standard InChI is InChI=1S/C24H28N10O8S2/c1-24(2,22(40)41)42-30-13(16-29-23(25)44-31-16)18(36)28-14-19(37)34-15(21(38)39)12(9-43-20(14)34)8-32-7-11(6-26-10-35)17-27-4-3-5-33(17)32/h7,10,14,20H,3-6,8-9H2,1-2H3,(H6,25,26,28,29,31,35,36,38,39,40,41)/b30-13+/t14-,20-/m1/s1. The fourth-order valence-electron chi connectivity index (χ4n) is 4.81. The topological polar surface area (TPSA) is 250 Å². The molecule has 234 valence electrons. The van der Waals surface area contributed by atoms with Gasteiger partial charge in [0.05, 0.1) is 30.3 Å². The quantitative estimate of drug-likeness (QED) is 0.0505. The molecule has 5 rings (SSSR count). The molecule has 20 heteroatoms. The number of amides is 3. The number of aromatic nitrogens is 4. The van der Waals surface area contributed by atoms with E-state index in [-0.39, 0.29) is 35.5 Å². The van der Waals surface area contributed by atoms with Crippen LogP contribution in [0.15, 0.2) is 22.6 Å². The summed E-state index contributed by atoms with van der Waals surface area (Å²) >= 11 is 2.02. The van der Waals surface area contributed by atoms with Gasteiger partial charge in [-0.2, -0.15) is 9.36 Å². The lowest BCUT2D eigenvalue weighted by atomic mass is 10.0. The minimum absolute atomic E-state index is 0.00742. The van der Waals surface area contributed by atoms with Crippen molar-refractivity contribution in [1.82, 2.24) is 29.6 Å². The van der Waals surface area contributed by atoms with Crippen LogP contribution in [0.5, 0.6) is 0 Å². The van der Waals surface area contributed by atoms with Crippen molar-refractivity contribution < 1.29 is 43.7 Å². The zero-order valence-electron chi connectivity index (χ0n) is 23.4. The summed E-state index contributed by atoms with van der Waals surface area (Å²) in [4.78, 5) is 71.2. The molecule has 3 aliphatic heterocycles. The molecular formula is C24H28N10O8S2. The molecule has 0 bridgehead atoms. The van der Waals surface area contributed by atoms with E-state index in [0.717, 1.165) is 40.8 Å². The fourth-order valence-corrected chi connectivity index (χ4v) is 6.58. The highest BCUT2D eigenvalue weighted by Gasteiger charge is 2.53. The van der Waals surface area contributed by atoms with Gasteiger partial charge in [0.2, 0.25) is 29.7 Å². The van der Waals surface area contributed by atoms with Gasteiger partial charge in [0.1, 0.15) is 11.4 Å². The Balaban J connectivity index is 1.37. The number of anilines is 2. The molecule has 5 heterocycles. The van der Waals surface area contributed by atoms with Gasteiger partial charge in [-0.1, -0.05) is 5.16 Å². The second-order valence-corrected chi connectivity index (χ2v) is 12.3. The van der Waals surface area contributed by atoms with Gasteiger partial charge in [-0.25, -0.2) is 4.79 Å². The summed E-state index contributed by atoms with van der Waals surface area (Å²) in [5.74, 6) is -3.74. The van der Waals surface area contributed by atoms with E-state index in [1.54, 1.807) is 0 Å². The number of aliphatic carboxylic acids is 2. The van der Waals surface area contributed by atoms with Gasteiger partial charge in [-0.15, -0.1) is 21.1 Å². The number of carbonyl (C=O) groups is 5. The number of fused-ring (bicyclic) bond motifs is 2. The number of carboxylic acid groups (broad SMARTS) is 2. The van der Waals surface area contributed by atoms with Gasteiger partial charge in [0.25, 0.3) is 11.8 Å². The van der Waals surface area contributed by atoms with E-state index in [9.17, 15) is 34.2 Å². The molecule has 1 fully saturated rings. The number of hydrogen-bond acceptors (Lipinski definition) is 14. The summed E-state index contributed by atoms with van der Waals surface area (Å²) < 4.78 is 7.72. The number of carbonyl (C=O) groups excluding carboxylic acids is 4. The lowest BCUT2D eigenvalue weighted by Gasteiger charge is -2.50. The molecule has 0 aromatic carbocycles. The third-order valence-corrected chi connectivity index (χ3v) is 8.90. The first-order chi connectivity index (χ1) is 20.9. The highest BCUT2D eigenvalue weighted by molar-refractivity contribution is 8.00. The van der Waals surface area contributed by atoms with E-state index in [2.05, 4.69) is 30.5 Å². The highest BCUT2D eigenvalue weighted by Crippen LogP contribution is 2.40. The summed E-state index contributed by atoms with van der Waals surface area (Å²) in [5.41, 5.74) is 4.29. The molecule has 0 saturated carbocycles. The van der Waals surface area contributed by atoms with Gasteiger partial charge in [-0.3, -0.25) is 19.3 Å². The maximum atomic E-state index is 13.3. The second kappa shape index (κ2) is 12.1. The Labute approximate surface area is 257 Å². The van der Waals surface area contributed by atoms with E-state index in [4.69, 9.17) is 10.6 Å². The van der Waals surface area contributed by atoms with Crippen molar-refractivity contribution in [2.75, 3.05) is 23.3 Å². The normalized spacial score (nSPS) is 19.7. The molecule has 18 nitrogen and oxygen atoms in total. The molecule has 3 aliphatic rings. The molecule has 1 saturated heterocycles. The SMILES string of the molecule is CC(C)(O/N=C(/C(=O)N[C@@H]1C(=O)N2C(C(=O)[O-])=C(C[n+]3cc(CNC=O)c4n3CCCN4)CS[C@H]12)c1nsc(N)n1)C(=O)O. The average molecular weight is 649 g/mol. The monoisotopic (exact) mass is 648 g/mol. The lowest BCUT2D eigenvalue weighted by Crippen LogP contribution is -2.71. The van der Waals surface area contributed by atoms with Crippen LogP contribution < -0.4 is 31.5 Å². The molecule has 2 aromatic rings. The zero-order valence-corrected chi connectivity index (χ0v) is 25.1. The maximum absolute atomic E-state index is 13.3. The molecule has 2 aromatic heterocycles. The number of nitrogens with two attached hydrogens (primary N) is 1. The van der Waals surface area contributed by atoms with Crippen LogP contribution in [0.25, 0.3) is 0 Å². The molecule has 2 atom stereocenters. The van der Waals surface area contributed by atoms with Crippen LogP contribution in [-0.2, 0) is 48.4 Å². The Kier molecular flexibility index (Phi) is 8.46. The van der Waals surface area contributed by atoms with Crippen LogP contribution in [0.3, 0.4) is 0 Å². The summed E-state index contributed by atoms with van der Waals surface area (Å²) in [6, 6.07) is -1.14. The van der Waals surface area contributed by atoms with Gasteiger partial charge in [0.15, 0.2) is 17.5 Å². The van der Waals surface area contributed by atoms with Crippen LogP contribution in [0.1, 0.15) is 31.7 Å². The van der Waals surface area contributed by atoms with Crippen molar-refractivity contribution in [3.8, 4) is 0 Å². The van der Waals surface area contributed by atoms with Crippen molar-refractivity contribution in [1.29, 1.82) is 0 Å². The van der Waals surface area contributed by atoms with Gasteiger partial charge in [-0.05, 0) is 20.3 Å². The molecule has 6 N–H and O–H groups in total. The van der Waals surface area contributed by atoms with Crippen LogP contribution >= 0.6 is 23.3 Å². The largest absolute Gasteiger partial charge is 0.543 e. The number of thioether (sulfide) groups is 1. The molecule has 3 amide bonds. The number of hydrogen-bond donors (Lipinski definition) is 5. The second-order valence-electron chi connectivity index (χ2n) is 10.4. The summed E-state index contributed by atoms with van der Waals surface area (Å²) in [6.45, 7) is 4.28. The predicted octanol–water partition coefficient (Wildman–Crippen LogP) is -3.04. The predicted molar refractivity (Wildman–Crippen MR) is 151 cm³/mol. The van der Waals surface area contributed by atoms with Crippen molar-refractivity contribution in [3.63, 3.8) is 0 Å². The van der Waals surface area contributed by atoms with E-state index >= 15 is 0 Å². The van der Waals surface area contributed by atoms with Crippen LogP contribution in [0, 0.1) is 0 Å². The van der Waals surface area contributed by atoms with E-state index in [1.807, 2.05) is 15.6 Å². The minimum Gasteiger partial charge on any atom is -0.543 e. The summed E-state index contributed by atoms with van der Waals surface area (Å²) in [5, 5.41) is 33.0. The van der Waals surface area contributed by atoms with Crippen molar-refractivity contribution >= 4 is 70.1 Å². The minimum atomic E-state index is -1.81. The first-order valence-electron chi connectivity index (χ1n) is 13.2. The van der Waals surface area contributed by atoms with Gasteiger partial charge >= 0.3 is 5.97 Å². The summed E-state index contributed by atoms with van der Waals surface area (Å²) in [7, 11) is 0. The average Bonchev–Trinajstić information content (AvgIpc) is 3.57. The number of carboxylic acids is 2. The van der Waals surface area contributed by atoms with E-state index in [1.165, 1.54) is 25.6 Å². The Bertz CT molecular complexity index is 1600. The first kappa shape index (κ1) is 30.7. The molecular weight excluding hydrogens is 620 g/mol. The third-order valence-electron chi connectivity index (χ3n) is 7.02. The molecule has 0 spiro atoms. The lowest BCUT2D eigenvalue weighted by molar-refractivity contribution is -0.768. The molecule has 0 aliphatic carbocycles. The summed E-state index contributed by atoms with van der Waals surface area (Å²) in [6.07, 6.45) is 3.25. The number of β-lactam (4-membered cyclic amide) rings is 1. The van der Waals surface area contributed by atoms with Crippen molar-refractivity contribution in [2.24, 2.45) is 5.16 Å². The number of nitrogens with zero attached hydrogens (tertiary/aromatic N) is 6. The van der Waals surface area contributed by atoms with Crippen LogP contribution in [0.4, 0.5) is 10.9 Å². The number of nitrogen functional groups attached to an aromatic ring is 1. The van der Waals surface area contributed by atoms with E-state index in [0.29, 0.717) is 18.5 Å². The van der Waals surface area contributed by atoms with Crippen molar-refractivity contribution in [2.45, 2.75) is 56.9 Å². The number of oxime groups is 1. The maximum Gasteiger partial charge on any atom is 0.350 e. The molecule has 0 unspecified atom stereocenters. The Morgan fingerprint density at radius 2 is 2.18 bits per heavy atom. The van der Waals surface area contributed by atoms with Gasteiger partial charge in [0, 0.05) is 29.4 Å². The Morgan fingerprint density at radius 3 is 2.84 bits per heavy atom. The fraction of sp³-hybridized carbons (Fsp3) is 0.458.